The normalized spacial score (nSPS) is 13.2. The SMILES string of the molecule is Cc1ccc(S(=O)(=O)NCCC(=O)OCC(=O)N2CCc3ccccc32)cc1. The summed E-state index contributed by atoms with van der Waals surface area (Å²) in [7, 11) is -3.68. The molecule has 0 radical (unpaired) electrons. The smallest absolute Gasteiger partial charge is 0.307 e. The van der Waals surface area contributed by atoms with E-state index in [1.807, 2.05) is 31.2 Å². The number of ether oxygens (including phenoxy) is 1. The van der Waals surface area contributed by atoms with Crippen molar-refractivity contribution in [3.8, 4) is 0 Å². The van der Waals surface area contributed by atoms with Crippen LogP contribution in [0.1, 0.15) is 17.5 Å². The van der Waals surface area contributed by atoms with E-state index in [9.17, 15) is 18.0 Å². The summed E-state index contributed by atoms with van der Waals surface area (Å²) in [5, 5.41) is 0. The molecule has 1 aliphatic rings. The first kappa shape index (κ1) is 20.0. The number of nitrogens with one attached hydrogen (secondary N) is 1. The van der Waals surface area contributed by atoms with Crippen molar-refractivity contribution in [2.75, 3.05) is 24.6 Å². The Bertz CT molecular complexity index is 970. The zero-order valence-corrected chi connectivity index (χ0v) is 16.4. The van der Waals surface area contributed by atoms with Crippen LogP contribution in [-0.4, -0.2) is 40.0 Å². The van der Waals surface area contributed by atoms with Gasteiger partial charge in [-0.15, -0.1) is 0 Å². The average molecular weight is 402 g/mol. The van der Waals surface area contributed by atoms with Gasteiger partial charge in [0.25, 0.3) is 5.91 Å². The second-order valence-electron chi connectivity index (χ2n) is 6.55. The Kier molecular flexibility index (Phi) is 6.11. The number of para-hydroxylation sites is 1. The van der Waals surface area contributed by atoms with Gasteiger partial charge in [-0.2, -0.15) is 0 Å². The minimum atomic E-state index is -3.68. The van der Waals surface area contributed by atoms with Crippen LogP contribution in [0.15, 0.2) is 53.4 Å². The van der Waals surface area contributed by atoms with E-state index in [-0.39, 0.29) is 30.4 Å². The van der Waals surface area contributed by atoms with Crippen molar-refractivity contribution in [1.82, 2.24) is 4.72 Å². The highest BCUT2D eigenvalue weighted by Gasteiger charge is 2.24. The van der Waals surface area contributed by atoms with Gasteiger partial charge in [-0.25, -0.2) is 13.1 Å². The van der Waals surface area contributed by atoms with Crippen molar-refractivity contribution in [1.29, 1.82) is 0 Å². The third kappa shape index (κ3) is 4.76. The van der Waals surface area contributed by atoms with E-state index in [0.717, 1.165) is 23.2 Å². The number of esters is 1. The molecular weight excluding hydrogens is 380 g/mol. The van der Waals surface area contributed by atoms with Crippen LogP contribution in [0.5, 0.6) is 0 Å². The molecule has 0 aliphatic carbocycles. The van der Waals surface area contributed by atoms with Crippen LogP contribution in [0.2, 0.25) is 0 Å². The molecule has 1 aliphatic heterocycles. The molecule has 0 saturated carbocycles. The summed E-state index contributed by atoms with van der Waals surface area (Å²) in [4.78, 5) is 25.9. The summed E-state index contributed by atoms with van der Waals surface area (Å²) < 4.78 is 31.7. The minimum absolute atomic E-state index is 0.101. The fourth-order valence-corrected chi connectivity index (χ4v) is 4.01. The maximum atomic E-state index is 12.3. The van der Waals surface area contributed by atoms with Gasteiger partial charge in [0, 0.05) is 18.8 Å². The van der Waals surface area contributed by atoms with Crippen molar-refractivity contribution in [2.45, 2.75) is 24.7 Å². The van der Waals surface area contributed by atoms with E-state index >= 15 is 0 Å². The van der Waals surface area contributed by atoms with Gasteiger partial charge in [-0.05, 0) is 37.1 Å². The molecule has 0 saturated heterocycles. The van der Waals surface area contributed by atoms with Crippen molar-refractivity contribution >= 4 is 27.6 Å². The topological polar surface area (TPSA) is 92.8 Å². The molecule has 0 atom stereocenters. The van der Waals surface area contributed by atoms with E-state index in [1.54, 1.807) is 17.0 Å². The molecule has 0 fully saturated rings. The molecule has 1 amide bonds. The number of fused-ring (bicyclic) bond motifs is 1. The summed E-state index contributed by atoms with van der Waals surface area (Å²) in [6, 6.07) is 14.0. The maximum Gasteiger partial charge on any atom is 0.307 e. The fourth-order valence-electron chi connectivity index (χ4n) is 2.98. The predicted octanol–water partition coefficient (Wildman–Crippen LogP) is 1.80. The number of benzene rings is 2. The first-order valence-electron chi connectivity index (χ1n) is 8.97. The number of anilines is 1. The number of amides is 1. The van der Waals surface area contributed by atoms with Gasteiger partial charge >= 0.3 is 5.97 Å². The van der Waals surface area contributed by atoms with Crippen LogP contribution in [0, 0.1) is 6.92 Å². The lowest BCUT2D eigenvalue weighted by molar-refractivity contribution is -0.147. The third-order valence-corrected chi connectivity index (χ3v) is 5.97. The largest absolute Gasteiger partial charge is 0.456 e. The van der Waals surface area contributed by atoms with Crippen LogP contribution in [0.4, 0.5) is 5.69 Å². The van der Waals surface area contributed by atoms with Gasteiger partial charge in [0.15, 0.2) is 6.61 Å². The number of nitrogens with zero attached hydrogens (tertiary/aromatic N) is 1. The van der Waals surface area contributed by atoms with Gasteiger partial charge in [-0.3, -0.25) is 9.59 Å². The molecule has 1 heterocycles. The molecule has 2 aromatic rings. The van der Waals surface area contributed by atoms with Crippen LogP contribution in [-0.2, 0) is 30.8 Å². The highest BCUT2D eigenvalue weighted by Crippen LogP contribution is 2.27. The molecule has 2 aromatic carbocycles. The highest BCUT2D eigenvalue weighted by molar-refractivity contribution is 7.89. The lowest BCUT2D eigenvalue weighted by atomic mass is 10.2. The van der Waals surface area contributed by atoms with Gasteiger partial charge in [0.1, 0.15) is 0 Å². The molecule has 1 N–H and O–H groups in total. The standard InChI is InChI=1S/C20H22N2O5S/c1-15-6-8-17(9-7-15)28(25,26)21-12-10-20(24)27-14-19(23)22-13-11-16-4-2-3-5-18(16)22/h2-9,21H,10-14H2,1H3. The second kappa shape index (κ2) is 8.53. The molecule has 0 bridgehead atoms. The second-order valence-corrected chi connectivity index (χ2v) is 8.31. The van der Waals surface area contributed by atoms with Gasteiger partial charge in [0.05, 0.1) is 11.3 Å². The van der Waals surface area contributed by atoms with E-state index in [0.29, 0.717) is 6.54 Å². The maximum absolute atomic E-state index is 12.3. The predicted molar refractivity (Wildman–Crippen MR) is 104 cm³/mol. The number of carbonyl (C=O) groups is 2. The zero-order chi connectivity index (χ0) is 20.1. The monoisotopic (exact) mass is 402 g/mol. The first-order chi connectivity index (χ1) is 13.4. The Morgan fingerprint density at radius 3 is 2.57 bits per heavy atom. The Morgan fingerprint density at radius 1 is 1.11 bits per heavy atom. The van der Waals surface area contributed by atoms with Crippen LogP contribution < -0.4 is 9.62 Å². The van der Waals surface area contributed by atoms with E-state index < -0.39 is 16.0 Å². The summed E-state index contributed by atoms with van der Waals surface area (Å²) in [6.07, 6.45) is 0.617. The summed E-state index contributed by atoms with van der Waals surface area (Å²) >= 11 is 0. The van der Waals surface area contributed by atoms with Crippen molar-refractivity contribution in [3.05, 3.63) is 59.7 Å². The van der Waals surface area contributed by atoms with Crippen LogP contribution in [0.25, 0.3) is 0 Å². The number of rotatable bonds is 7. The molecular formula is C20H22N2O5S. The number of carbonyl (C=O) groups excluding carboxylic acids is 2. The molecule has 8 heteroatoms. The van der Waals surface area contributed by atoms with Gasteiger partial charge in [-0.1, -0.05) is 35.9 Å². The Labute approximate surface area is 164 Å². The molecule has 148 valence electrons. The number of sulfonamides is 1. The number of hydrogen-bond acceptors (Lipinski definition) is 5. The quantitative estimate of drug-likeness (QED) is 0.713. The summed E-state index contributed by atoms with van der Waals surface area (Å²) in [5.74, 6) is -0.925. The van der Waals surface area contributed by atoms with Gasteiger partial charge < -0.3 is 9.64 Å². The summed E-state index contributed by atoms with van der Waals surface area (Å²) in [6.45, 7) is 1.96. The zero-order valence-electron chi connectivity index (χ0n) is 15.6. The minimum Gasteiger partial charge on any atom is -0.456 e. The fraction of sp³-hybridized carbons (Fsp3) is 0.300. The lowest BCUT2D eigenvalue weighted by Gasteiger charge is -2.17. The van der Waals surface area contributed by atoms with Crippen LogP contribution >= 0.6 is 0 Å². The van der Waals surface area contributed by atoms with Gasteiger partial charge in [0.2, 0.25) is 10.0 Å². The van der Waals surface area contributed by atoms with E-state index in [2.05, 4.69) is 4.72 Å². The third-order valence-electron chi connectivity index (χ3n) is 4.50. The first-order valence-corrected chi connectivity index (χ1v) is 10.5. The number of hydrogen-bond donors (Lipinski definition) is 1. The lowest BCUT2D eigenvalue weighted by Crippen LogP contribution is -2.33. The molecule has 7 nitrogen and oxygen atoms in total. The van der Waals surface area contributed by atoms with Crippen molar-refractivity contribution < 1.29 is 22.7 Å². The van der Waals surface area contributed by atoms with E-state index in [4.69, 9.17) is 4.74 Å². The molecule has 0 aromatic heterocycles. The van der Waals surface area contributed by atoms with Crippen molar-refractivity contribution in [3.63, 3.8) is 0 Å². The molecule has 28 heavy (non-hydrogen) atoms. The highest BCUT2D eigenvalue weighted by atomic mass is 32.2. The summed E-state index contributed by atoms with van der Waals surface area (Å²) in [5.41, 5.74) is 2.88. The Balaban J connectivity index is 1.44. The number of aryl methyl sites for hydroxylation is 1. The Morgan fingerprint density at radius 2 is 1.82 bits per heavy atom. The van der Waals surface area contributed by atoms with Crippen molar-refractivity contribution in [2.24, 2.45) is 0 Å². The average Bonchev–Trinajstić information content (AvgIpc) is 3.10. The Hall–Kier alpha value is -2.71. The molecule has 3 rings (SSSR count). The van der Waals surface area contributed by atoms with Crippen LogP contribution in [0.3, 0.4) is 0 Å². The molecule has 0 spiro atoms. The van der Waals surface area contributed by atoms with E-state index in [1.165, 1.54) is 12.1 Å². The molecule has 0 unspecified atom stereocenters.